The molecule has 0 saturated carbocycles. The fraction of sp³-hybridized carbons (Fsp3) is 0.200. The second-order valence-corrected chi connectivity index (χ2v) is 4.40. The summed E-state index contributed by atoms with van der Waals surface area (Å²) >= 11 is 11.8. The lowest BCUT2D eigenvalue weighted by Crippen LogP contribution is -2.10. The fourth-order valence-electron chi connectivity index (χ4n) is 1.41. The second kappa shape index (κ2) is 4.81. The summed E-state index contributed by atoms with van der Waals surface area (Å²) in [5.41, 5.74) is 7.08. The predicted molar refractivity (Wildman–Crippen MR) is 69.3 cm³/mol. The van der Waals surface area contributed by atoms with Gasteiger partial charge in [0.05, 0.1) is 27.5 Å². The van der Waals surface area contributed by atoms with Crippen molar-refractivity contribution in [1.29, 1.82) is 0 Å². The molecule has 1 aromatic carbocycles. The van der Waals surface area contributed by atoms with E-state index in [1.807, 2.05) is 6.92 Å². The van der Waals surface area contributed by atoms with E-state index in [9.17, 15) is 0 Å². The van der Waals surface area contributed by atoms with Crippen molar-refractivity contribution in [1.82, 2.24) is 15.2 Å². The summed E-state index contributed by atoms with van der Waals surface area (Å²) in [5.74, 6) is 0.718. The van der Waals surface area contributed by atoms with Gasteiger partial charge in [-0.25, -0.2) is 4.98 Å². The van der Waals surface area contributed by atoms with Gasteiger partial charge in [-0.05, 0) is 19.1 Å². The first-order valence-corrected chi connectivity index (χ1v) is 5.70. The van der Waals surface area contributed by atoms with Gasteiger partial charge in [-0.1, -0.05) is 23.2 Å². The highest BCUT2D eigenvalue weighted by atomic mass is 35.5. The molecule has 7 heteroatoms. The Kier molecular flexibility index (Phi) is 3.40. The van der Waals surface area contributed by atoms with Gasteiger partial charge < -0.3 is 11.1 Å². The van der Waals surface area contributed by atoms with Crippen molar-refractivity contribution in [3.8, 4) is 0 Å². The van der Waals surface area contributed by atoms with Gasteiger partial charge in [-0.15, -0.1) is 0 Å². The highest BCUT2D eigenvalue weighted by molar-refractivity contribution is 6.42. The van der Waals surface area contributed by atoms with Crippen LogP contribution in [0.15, 0.2) is 18.5 Å². The van der Waals surface area contributed by atoms with Crippen molar-refractivity contribution in [3.63, 3.8) is 0 Å². The molecule has 0 spiro atoms. The Bertz CT molecular complexity index is 512. The van der Waals surface area contributed by atoms with Crippen LogP contribution in [0.2, 0.25) is 10.0 Å². The van der Waals surface area contributed by atoms with Crippen LogP contribution < -0.4 is 11.1 Å². The van der Waals surface area contributed by atoms with Crippen LogP contribution in [-0.2, 0) is 0 Å². The largest absolute Gasteiger partial charge is 0.397 e. The van der Waals surface area contributed by atoms with Crippen LogP contribution in [0.4, 0.5) is 11.4 Å². The van der Waals surface area contributed by atoms with Crippen molar-refractivity contribution in [3.05, 3.63) is 34.3 Å². The van der Waals surface area contributed by atoms with E-state index in [2.05, 4.69) is 20.5 Å². The van der Waals surface area contributed by atoms with Crippen molar-refractivity contribution in [2.45, 2.75) is 13.0 Å². The molecular weight excluding hydrogens is 261 g/mol. The van der Waals surface area contributed by atoms with E-state index >= 15 is 0 Å². The van der Waals surface area contributed by atoms with Crippen LogP contribution >= 0.6 is 23.2 Å². The predicted octanol–water partition coefficient (Wildman–Crippen LogP) is 2.87. The highest BCUT2D eigenvalue weighted by Crippen LogP contribution is 2.32. The third-order valence-corrected chi connectivity index (χ3v) is 3.03. The van der Waals surface area contributed by atoms with E-state index in [-0.39, 0.29) is 6.04 Å². The molecule has 0 saturated heterocycles. The second-order valence-electron chi connectivity index (χ2n) is 3.59. The number of nitrogens with one attached hydrogen (secondary N) is 2. The van der Waals surface area contributed by atoms with Crippen LogP contribution in [0.25, 0.3) is 0 Å². The molecule has 5 nitrogen and oxygen atoms in total. The Morgan fingerprint density at radius 3 is 2.71 bits per heavy atom. The molecule has 90 valence electrons. The normalized spacial score (nSPS) is 12.4. The number of H-pyrrole nitrogens is 1. The zero-order chi connectivity index (χ0) is 12.4. The van der Waals surface area contributed by atoms with E-state index in [1.54, 1.807) is 12.1 Å². The molecule has 0 amide bonds. The highest BCUT2D eigenvalue weighted by Gasteiger charge is 2.11. The molecule has 4 N–H and O–H groups in total. The Balaban J connectivity index is 2.22. The molecule has 0 aliphatic heterocycles. The zero-order valence-corrected chi connectivity index (χ0v) is 10.5. The van der Waals surface area contributed by atoms with Gasteiger partial charge >= 0.3 is 0 Å². The monoisotopic (exact) mass is 271 g/mol. The number of nitrogens with two attached hydrogens (primary N) is 1. The summed E-state index contributed by atoms with van der Waals surface area (Å²) in [7, 11) is 0. The number of aromatic nitrogens is 3. The number of aromatic amines is 1. The van der Waals surface area contributed by atoms with Crippen molar-refractivity contribution in [2.24, 2.45) is 0 Å². The molecule has 0 bridgehead atoms. The lowest BCUT2D eigenvalue weighted by Gasteiger charge is -2.15. The lowest BCUT2D eigenvalue weighted by atomic mass is 10.2. The number of hydrogen-bond acceptors (Lipinski definition) is 4. The zero-order valence-electron chi connectivity index (χ0n) is 9.04. The van der Waals surface area contributed by atoms with Crippen LogP contribution in [0.3, 0.4) is 0 Å². The van der Waals surface area contributed by atoms with Crippen LogP contribution in [0.1, 0.15) is 18.8 Å². The summed E-state index contributed by atoms with van der Waals surface area (Å²) < 4.78 is 0. The van der Waals surface area contributed by atoms with Gasteiger partial charge in [-0.2, -0.15) is 5.10 Å². The number of nitrogens with zero attached hydrogens (tertiary/aromatic N) is 2. The topological polar surface area (TPSA) is 79.6 Å². The van der Waals surface area contributed by atoms with Gasteiger partial charge in [0.15, 0.2) is 0 Å². The van der Waals surface area contributed by atoms with Gasteiger partial charge in [0.2, 0.25) is 0 Å². The third kappa shape index (κ3) is 2.62. The standard InChI is InChI=1S/C10H11Cl2N5/c1-5(10-14-4-15-17-10)16-9-3-7(12)6(11)2-8(9)13/h2-5,16H,13H2,1H3,(H,14,15,17). The smallest absolute Gasteiger partial charge is 0.146 e. The van der Waals surface area contributed by atoms with Gasteiger partial charge in [-0.3, -0.25) is 5.10 Å². The number of halogens is 2. The molecule has 1 unspecified atom stereocenters. The lowest BCUT2D eigenvalue weighted by molar-refractivity contribution is 0.796. The molecule has 2 aromatic rings. The molecule has 0 fully saturated rings. The first kappa shape index (κ1) is 12.0. The van der Waals surface area contributed by atoms with Gasteiger partial charge in [0.1, 0.15) is 12.2 Å². The van der Waals surface area contributed by atoms with E-state index < -0.39 is 0 Å². The summed E-state index contributed by atoms with van der Waals surface area (Å²) in [5, 5.41) is 10.6. The first-order valence-electron chi connectivity index (χ1n) is 4.94. The fourth-order valence-corrected chi connectivity index (χ4v) is 1.75. The Hall–Kier alpha value is -1.46. The molecule has 17 heavy (non-hydrogen) atoms. The van der Waals surface area contributed by atoms with Crippen molar-refractivity contribution in [2.75, 3.05) is 11.1 Å². The van der Waals surface area contributed by atoms with E-state index in [1.165, 1.54) is 6.33 Å². The van der Waals surface area contributed by atoms with Crippen LogP contribution in [-0.4, -0.2) is 15.2 Å². The SMILES string of the molecule is CC(Nc1cc(Cl)c(Cl)cc1N)c1ncn[nH]1. The van der Waals surface area contributed by atoms with Crippen LogP contribution in [0.5, 0.6) is 0 Å². The average Bonchev–Trinajstić information content (AvgIpc) is 2.79. The first-order chi connectivity index (χ1) is 8.08. The summed E-state index contributed by atoms with van der Waals surface area (Å²) in [6.45, 7) is 1.93. The minimum absolute atomic E-state index is 0.0583. The Morgan fingerprint density at radius 2 is 2.06 bits per heavy atom. The maximum absolute atomic E-state index is 5.93. The van der Waals surface area contributed by atoms with E-state index in [0.717, 1.165) is 5.82 Å². The number of hydrogen-bond donors (Lipinski definition) is 3. The van der Waals surface area contributed by atoms with Crippen LogP contribution in [0, 0.1) is 0 Å². The van der Waals surface area contributed by atoms with Crippen molar-refractivity contribution >= 4 is 34.6 Å². The third-order valence-electron chi connectivity index (χ3n) is 2.31. The summed E-state index contributed by atoms with van der Waals surface area (Å²) in [4.78, 5) is 4.05. The Morgan fingerprint density at radius 1 is 1.35 bits per heavy atom. The molecule has 1 heterocycles. The van der Waals surface area contributed by atoms with E-state index in [4.69, 9.17) is 28.9 Å². The summed E-state index contributed by atoms with van der Waals surface area (Å²) in [6.07, 6.45) is 1.45. The summed E-state index contributed by atoms with van der Waals surface area (Å²) in [6, 6.07) is 3.24. The minimum Gasteiger partial charge on any atom is -0.397 e. The Labute approximate surface area is 108 Å². The van der Waals surface area contributed by atoms with Gasteiger partial charge in [0, 0.05) is 0 Å². The molecule has 0 aliphatic carbocycles. The van der Waals surface area contributed by atoms with Gasteiger partial charge in [0.25, 0.3) is 0 Å². The minimum atomic E-state index is -0.0583. The molecule has 2 rings (SSSR count). The number of nitrogen functional groups attached to an aromatic ring is 1. The van der Waals surface area contributed by atoms with E-state index in [0.29, 0.717) is 21.4 Å². The maximum Gasteiger partial charge on any atom is 0.146 e. The number of anilines is 2. The quantitative estimate of drug-likeness (QED) is 0.750. The number of rotatable bonds is 3. The molecular formula is C10H11Cl2N5. The molecule has 1 aromatic heterocycles. The maximum atomic E-state index is 5.93. The van der Waals surface area contributed by atoms with Crippen molar-refractivity contribution < 1.29 is 0 Å². The average molecular weight is 272 g/mol. The molecule has 0 aliphatic rings. The number of benzene rings is 1. The molecule has 0 radical (unpaired) electrons. The molecule has 1 atom stereocenters.